The Labute approximate surface area is 113 Å². The Morgan fingerprint density at radius 3 is 2.32 bits per heavy atom. The molecule has 0 aliphatic heterocycles. The third-order valence-corrected chi connectivity index (χ3v) is 4.37. The Morgan fingerprint density at radius 2 is 1.84 bits per heavy atom. The van der Waals surface area contributed by atoms with Gasteiger partial charge in [-0.2, -0.15) is 0 Å². The van der Waals surface area contributed by atoms with E-state index in [1.165, 1.54) is 12.1 Å². The fraction of sp³-hybridized carbons (Fsp3) is 0.462. The number of nitrogens with one attached hydrogen (secondary N) is 1. The van der Waals surface area contributed by atoms with Gasteiger partial charge < -0.3 is 10.1 Å². The number of anilines is 1. The first-order valence-electron chi connectivity index (χ1n) is 6.16. The number of benzene rings is 1. The lowest BCUT2D eigenvalue weighted by molar-refractivity contribution is -0.143. The minimum absolute atomic E-state index is 0.0685. The third kappa shape index (κ3) is 4.24. The molecule has 1 aromatic rings. The maximum atomic E-state index is 11.6. The smallest absolute Gasteiger partial charge is 0.328 e. The summed E-state index contributed by atoms with van der Waals surface area (Å²) in [7, 11) is -3.19. The van der Waals surface area contributed by atoms with Crippen molar-refractivity contribution in [3.05, 3.63) is 24.3 Å². The fourth-order valence-electron chi connectivity index (χ4n) is 1.50. The van der Waals surface area contributed by atoms with Crippen molar-refractivity contribution in [1.29, 1.82) is 0 Å². The van der Waals surface area contributed by atoms with Crippen LogP contribution in [0.25, 0.3) is 0 Å². The van der Waals surface area contributed by atoms with Gasteiger partial charge in [0.2, 0.25) is 0 Å². The highest BCUT2D eigenvalue weighted by atomic mass is 32.2. The molecule has 1 atom stereocenters. The van der Waals surface area contributed by atoms with Crippen molar-refractivity contribution in [3.63, 3.8) is 0 Å². The molecule has 0 fully saturated rings. The molecule has 1 rings (SSSR count). The van der Waals surface area contributed by atoms with Crippen LogP contribution in [0.3, 0.4) is 0 Å². The van der Waals surface area contributed by atoms with Gasteiger partial charge in [-0.15, -0.1) is 0 Å². The number of hydrogen-bond acceptors (Lipinski definition) is 5. The molecule has 0 saturated heterocycles. The van der Waals surface area contributed by atoms with Crippen molar-refractivity contribution < 1.29 is 17.9 Å². The second kappa shape index (κ2) is 6.56. The fourth-order valence-corrected chi connectivity index (χ4v) is 2.39. The summed E-state index contributed by atoms with van der Waals surface area (Å²) in [6.45, 7) is 5.37. The molecule has 0 amide bonds. The van der Waals surface area contributed by atoms with Gasteiger partial charge >= 0.3 is 5.97 Å². The van der Waals surface area contributed by atoms with Crippen LogP contribution in [0.15, 0.2) is 29.2 Å². The molecule has 0 saturated carbocycles. The predicted octanol–water partition coefficient (Wildman–Crippen LogP) is 1.84. The van der Waals surface area contributed by atoms with Crippen LogP contribution in [0.5, 0.6) is 0 Å². The summed E-state index contributed by atoms with van der Waals surface area (Å²) >= 11 is 0. The second-order valence-electron chi connectivity index (χ2n) is 4.05. The van der Waals surface area contributed by atoms with Gasteiger partial charge in [-0.05, 0) is 38.1 Å². The Bertz CT molecular complexity index is 522. The average Bonchev–Trinajstić information content (AvgIpc) is 2.39. The second-order valence-corrected chi connectivity index (χ2v) is 6.32. The maximum absolute atomic E-state index is 11.6. The molecule has 0 radical (unpaired) electrons. The molecule has 1 N–H and O–H groups in total. The summed E-state index contributed by atoms with van der Waals surface area (Å²) in [5.74, 6) is -0.272. The van der Waals surface area contributed by atoms with E-state index in [9.17, 15) is 13.2 Å². The Hall–Kier alpha value is -1.56. The molecular weight excluding hydrogens is 266 g/mol. The van der Waals surface area contributed by atoms with Crippen molar-refractivity contribution in [3.8, 4) is 0 Å². The molecule has 1 aromatic carbocycles. The van der Waals surface area contributed by atoms with E-state index in [-0.39, 0.29) is 16.6 Å². The number of carbonyl (C=O) groups is 1. The van der Waals surface area contributed by atoms with E-state index < -0.39 is 15.9 Å². The molecule has 0 aromatic heterocycles. The highest BCUT2D eigenvalue weighted by molar-refractivity contribution is 7.91. The lowest BCUT2D eigenvalue weighted by atomic mass is 10.2. The minimum Gasteiger partial charge on any atom is -0.464 e. The summed E-state index contributed by atoms with van der Waals surface area (Å²) < 4.78 is 28.1. The zero-order chi connectivity index (χ0) is 14.5. The SMILES string of the molecule is CCOC(=O)C(C)Nc1ccc(S(=O)(=O)CC)cc1. The quantitative estimate of drug-likeness (QED) is 0.807. The summed E-state index contributed by atoms with van der Waals surface area (Å²) in [4.78, 5) is 11.7. The lowest BCUT2D eigenvalue weighted by Crippen LogP contribution is -2.28. The van der Waals surface area contributed by atoms with Crippen LogP contribution in [0.4, 0.5) is 5.69 Å². The standard InChI is InChI=1S/C13H19NO4S/c1-4-18-13(15)10(3)14-11-6-8-12(9-7-11)19(16,17)5-2/h6-10,14H,4-5H2,1-3H3. The van der Waals surface area contributed by atoms with Crippen molar-refractivity contribution in [2.75, 3.05) is 17.7 Å². The molecule has 0 heterocycles. The lowest BCUT2D eigenvalue weighted by Gasteiger charge is -2.14. The van der Waals surface area contributed by atoms with Gasteiger partial charge in [0.25, 0.3) is 0 Å². The van der Waals surface area contributed by atoms with Gasteiger partial charge in [-0.3, -0.25) is 0 Å². The van der Waals surface area contributed by atoms with Crippen LogP contribution in [-0.2, 0) is 19.4 Å². The van der Waals surface area contributed by atoms with E-state index in [1.54, 1.807) is 32.9 Å². The first-order chi connectivity index (χ1) is 8.90. The van der Waals surface area contributed by atoms with Crippen LogP contribution in [-0.4, -0.2) is 32.8 Å². The van der Waals surface area contributed by atoms with Crippen LogP contribution in [0.1, 0.15) is 20.8 Å². The van der Waals surface area contributed by atoms with E-state index in [4.69, 9.17) is 4.74 Å². The number of esters is 1. The van der Waals surface area contributed by atoms with Gasteiger partial charge in [-0.1, -0.05) is 6.92 Å². The Morgan fingerprint density at radius 1 is 1.26 bits per heavy atom. The number of sulfone groups is 1. The van der Waals surface area contributed by atoms with Gasteiger partial charge in [0, 0.05) is 5.69 Å². The highest BCUT2D eigenvalue weighted by Crippen LogP contribution is 2.16. The van der Waals surface area contributed by atoms with E-state index in [2.05, 4.69) is 5.32 Å². The van der Waals surface area contributed by atoms with Gasteiger partial charge in [-0.25, -0.2) is 13.2 Å². The summed E-state index contributed by atoms with van der Waals surface area (Å²) in [6.07, 6.45) is 0. The normalized spacial score (nSPS) is 12.8. The summed E-state index contributed by atoms with van der Waals surface area (Å²) in [5.41, 5.74) is 0.676. The van der Waals surface area contributed by atoms with Gasteiger partial charge in [0.1, 0.15) is 6.04 Å². The Balaban J connectivity index is 2.75. The van der Waals surface area contributed by atoms with Gasteiger partial charge in [0.15, 0.2) is 9.84 Å². The molecule has 1 unspecified atom stereocenters. The highest BCUT2D eigenvalue weighted by Gasteiger charge is 2.14. The number of ether oxygens (including phenoxy) is 1. The molecule has 19 heavy (non-hydrogen) atoms. The average molecular weight is 285 g/mol. The van der Waals surface area contributed by atoms with Crippen LogP contribution >= 0.6 is 0 Å². The topological polar surface area (TPSA) is 72.5 Å². The predicted molar refractivity (Wildman–Crippen MR) is 73.9 cm³/mol. The van der Waals surface area contributed by atoms with E-state index in [1.807, 2.05) is 0 Å². The van der Waals surface area contributed by atoms with Crippen molar-refractivity contribution >= 4 is 21.5 Å². The molecule has 6 heteroatoms. The van der Waals surface area contributed by atoms with Crippen LogP contribution in [0, 0.1) is 0 Å². The zero-order valence-electron chi connectivity index (χ0n) is 11.3. The zero-order valence-corrected chi connectivity index (χ0v) is 12.2. The van der Waals surface area contributed by atoms with Gasteiger partial charge in [0.05, 0.1) is 17.3 Å². The maximum Gasteiger partial charge on any atom is 0.328 e. The van der Waals surface area contributed by atoms with E-state index in [0.717, 1.165) is 0 Å². The molecule has 5 nitrogen and oxygen atoms in total. The number of rotatable bonds is 6. The monoisotopic (exact) mass is 285 g/mol. The summed E-state index contributed by atoms with van der Waals surface area (Å²) in [5, 5.41) is 2.95. The number of carbonyl (C=O) groups excluding carboxylic acids is 1. The van der Waals surface area contributed by atoms with Crippen LogP contribution in [0.2, 0.25) is 0 Å². The van der Waals surface area contributed by atoms with Crippen molar-refractivity contribution in [2.45, 2.75) is 31.7 Å². The van der Waals surface area contributed by atoms with Crippen molar-refractivity contribution in [2.24, 2.45) is 0 Å². The first kappa shape index (κ1) is 15.5. The summed E-state index contributed by atoms with van der Waals surface area (Å²) in [6, 6.07) is 5.85. The molecule has 0 spiro atoms. The molecular formula is C13H19NO4S. The molecule has 0 aliphatic rings. The van der Waals surface area contributed by atoms with Crippen molar-refractivity contribution in [1.82, 2.24) is 0 Å². The molecule has 0 aliphatic carbocycles. The van der Waals surface area contributed by atoms with E-state index in [0.29, 0.717) is 12.3 Å². The van der Waals surface area contributed by atoms with E-state index >= 15 is 0 Å². The van der Waals surface area contributed by atoms with Crippen LogP contribution < -0.4 is 5.32 Å². The Kier molecular flexibility index (Phi) is 5.35. The molecule has 0 bridgehead atoms. The molecule has 106 valence electrons. The first-order valence-corrected chi connectivity index (χ1v) is 7.82. The largest absolute Gasteiger partial charge is 0.464 e. The minimum atomic E-state index is -3.19. The third-order valence-electron chi connectivity index (χ3n) is 2.62. The number of hydrogen-bond donors (Lipinski definition) is 1.